The summed E-state index contributed by atoms with van der Waals surface area (Å²) in [5.41, 5.74) is -0.388. The summed E-state index contributed by atoms with van der Waals surface area (Å²) in [7, 11) is -1.75. The molecular weight excluding hydrogens is 244 g/mol. The van der Waals surface area contributed by atoms with E-state index in [0.717, 1.165) is 24.7 Å². The van der Waals surface area contributed by atoms with Gasteiger partial charge >= 0.3 is 0 Å². The first-order chi connectivity index (χ1) is 7.80. The first kappa shape index (κ1) is 15.4. The molecule has 0 saturated heterocycles. The molecule has 0 radical (unpaired) electrons. The monoisotopic (exact) mass is 274 g/mol. The van der Waals surface area contributed by atoms with Crippen LogP contribution in [0.15, 0.2) is 0 Å². The summed E-state index contributed by atoms with van der Waals surface area (Å²) in [5, 5.41) is 9.96. The summed E-state index contributed by atoms with van der Waals surface area (Å²) in [6.07, 6.45) is 4.37. The fourth-order valence-corrected chi connectivity index (χ4v) is 8.66. The van der Waals surface area contributed by atoms with Crippen LogP contribution in [-0.2, 0) is 4.12 Å². The summed E-state index contributed by atoms with van der Waals surface area (Å²) in [6.45, 7) is 11.3. The average Bonchev–Trinajstić information content (AvgIpc) is 2.15. The van der Waals surface area contributed by atoms with Crippen LogP contribution in [0.5, 0.6) is 0 Å². The zero-order valence-corrected chi connectivity index (χ0v) is 14.5. The molecule has 0 heterocycles. The summed E-state index contributed by atoms with van der Waals surface area (Å²) < 4.78 is 6.08. The third-order valence-electron chi connectivity index (χ3n) is 4.12. The van der Waals surface area contributed by atoms with E-state index in [4.69, 9.17) is 4.12 Å². The van der Waals surface area contributed by atoms with E-state index >= 15 is 0 Å². The van der Waals surface area contributed by atoms with Crippen molar-refractivity contribution in [3.05, 3.63) is 0 Å². The van der Waals surface area contributed by atoms with Crippen LogP contribution < -0.4 is 0 Å². The van der Waals surface area contributed by atoms with Gasteiger partial charge in [0.15, 0.2) is 18.1 Å². The van der Waals surface area contributed by atoms with Crippen molar-refractivity contribution in [2.75, 3.05) is 0 Å². The lowest BCUT2D eigenvalue weighted by Gasteiger charge is -2.36. The topological polar surface area (TPSA) is 29.5 Å². The number of aliphatic hydroxyl groups is 1. The van der Waals surface area contributed by atoms with Crippen molar-refractivity contribution in [1.82, 2.24) is 0 Å². The lowest BCUT2D eigenvalue weighted by Crippen LogP contribution is -2.33. The molecule has 0 spiro atoms. The van der Waals surface area contributed by atoms with Gasteiger partial charge in [0.1, 0.15) is 0 Å². The summed E-state index contributed by atoms with van der Waals surface area (Å²) in [4.78, 5) is 0. The van der Waals surface area contributed by atoms with E-state index in [0.29, 0.717) is 0 Å². The Bertz CT molecular complexity index is 221. The molecule has 0 aromatic rings. The van der Waals surface area contributed by atoms with E-state index in [1.165, 1.54) is 18.9 Å². The second kappa shape index (κ2) is 6.50. The largest absolute Gasteiger partial charge is 0.460 e. The molecule has 1 aliphatic carbocycles. The van der Waals surface area contributed by atoms with Crippen molar-refractivity contribution in [3.8, 4) is 0 Å². The second-order valence-corrected chi connectivity index (χ2v) is 11.8. The lowest BCUT2D eigenvalue weighted by molar-refractivity contribution is 0.00149. The number of hydrogen-bond donors (Lipinski definition) is 1. The predicted molar refractivity (Wildman–Crippen MR) is 79.5 cm³/mol. The van der Waals surface area contributed by atoms with E-state index in [2.05, 4.69) is 26.6 Å². The lowest BCUT2D eigenvalue weighted by atomic mass is 9.75. The quantitative estimate of drug-likeness (QED) is 0.781. The van der Waals surface area contributed by atoms with Gasteiger partial charge in [0, 0.05) is 0 Å². The van der Waals surface area contributed by atoms with Crippen LogP contribution >= 0.6 is 0 Å². The molecule has 1 aliphatic rings. The van der Waals surface area contributed by atoms with E-state index in [1.54, 1.807) is 0 Å². The van der Waals surface area contributed by atoms with Crippen LogP contribution in [0.1, 0.15) is 39.5 Å². The minimum absolute atomic E-state index is 0.388. The third kappa shape index (κ3) is 5.68. The Balaban J connectivity index is 2.31. The summed E-state index contributed by atoms with van der Waals surface area (Å²) in [5.74, 6) is 1.61. The number of hydrogen-bond acceptors (Lipinski definition) is 2. The van der Waals surface area contributed by atoms with Crippen molar-refractivity contribution < 1.29 is 9.22 Å². The Labute approximate surface area is 110 Å². The molecule has 1 saturated carbocycles. The minimum Gasteiger partial charge on any atom is -0.460 e. The molecule has 2 nitrogen and oxygen atoms in total. The van der Waals surface area contributed by atoms with Crippen molar-refractivity contribution >= 4 is 18.1 Å². The first-order valence-electron chi connectivity index (χ1n) is 7.18. The Kier molecular flexibility index (Phi) is 5.89. The smallest absolute Gasteiger partial charge is 0.160 e. The van der Waals surface area contributed by atoms with Gasteiger partial charge in [0.05, 0.1) is 5.60 Å². The molecule has 0 aromatic heterocycles. The van der Waals surface area contributed by atoms with Gasteiger partial charge in [0.25, 0.3) is 0 Å². The maximum Gasteiger partial charge on any atom is 0.160 e. The Morgan fingerprint density at radius 2 is 1.82 bits per heavy atom. The molecule has 17 heavy (non-hydrogen) atoms. The fourth-order valence-electron chi connectivity index (χ4n) is 3.07. The molecule has 0 aliphatic heterocycles. The van der Waals surface area contributed by atoms with Crippen LogP contribution in [0.4, 0.5) is 0 Å². The minimum atomic E-state index is -0.923. The molecular formula is C13H30O2Si2. The van der Waals surface area contributed by atoms with Gasteiger partial charge < -0.3 is 9.22 Å². The molecule has 102 valence electrons. The van der Waals surface area contributed by atoms with Crippen LogP contribution in [0.2, 0.25) is 25.7 Å². The van der Waals surface area contributed by atoms with Crippen molar-refractivity contribution in [2.24, 2.45) is 11.8 Å². The van der Waals surface area contributed by atoms with Gasteiger partial charge in [-0.2, -0.15) is 0 Å². The van der Waals surface area contributed by atoms with Crippen molar-refractivity contribution in [1.29, 1.82) is 0 Å². The van der Waals surface area contributed by atoms with E-state index in [9.17, 15) is 5.11 Å². The van der Waals surface area contributed by atoms with E-state index in [1.807, 2.05) is 6.92 Å². The molecule has 1 N–H and O–H groups in total. The normalized spacial score (nSPS) is 33.7. The molecule has 0 bridgehead atoms. The average molecular weight is 275 g/mol. The highest BCUT2D eigenvalue weighted by atomic mass is 28.4. The highest BCUT2D eigenvalue weighted by molar-refractivity contribution is 6.63. The second-order valence-electron chi connectivity index (χ2n) is 6.54. The molecule has 2 atom stereocenters. The molecule has 1 rings (SSSR count). The van der Waals surface area contributed by atoms with Gasteiger partial charge in [-0.25, -0.2) is 0 Å². The maximum absolute atomic E-state index is 9.96. The van der Waals surface area contributed by atoms with Gasteiger partial charge in [0.2, 0.25) is 0 Å². The fraction of sp³-hybridized carbons (Fsp3) is 1.00. The van der Waals surface area contributed by atoms with Crippen molar-refractivity contribution in [3.63, 3.8) is 0 Å². The SMILES string of the molecule is CC(C[SiH](C)O[SiH](C)C)C1CCC(C)(O)CC1. The maximum atomic E-state index is 9.96. The van der Waals surface area contributed by atoms with E-state index in [-0.39, 0.29) is 5.60 Å². The Morgan fingerprint density at radius 1 is 1.29 bits per heavy atom. The molecule has 1 fully saturated rings. The summed E-state index contributed by atoms with van der Waals surface area (Å²) >= 11 is 0. The number of rotatable bonds is 5. The van der Waals surface area contributed by atoms with Gasteiger partial charge in [-0.1, -0.05) is 6.92 Å². The predicted octanol–water partition coefficient (Wildman–Crippen LogP) is 2.92. The Morgan fingerprint density at radius 3 is 2.29 bits per heavy atom. The highest BCUT2D eigenvalue weighted by Crippen LogP contribution is 2.37. The zero-order chi connectivity index (χ0) is 13.1. The molecule has 4 heteroatoms. The van der Waals surface area contributed by atoms with Crippen LogP contribution in [0.25, 0.3) is 0 Å². The standard InChI is InChI=1S/C13H30O2Si2/c1-11(10-17(5)15-16(3)4)12-6-8-13(2,14)9-7-12/h11-12,14,16-17H,6-10H2,1-5H3. The summed E-state index contributed by atoms with van der Waals surface area (Å²) in [6, 6.07) is 1.32. The van der Waals surface area contributed by atoms with Crippen molar-refractivity contribution in [2.45, 2.75) is 70.8 Å². The first-order valence-corrected chi connectivity index (χ1v) is 12.4. The third-order valence-corrected chi connectivity index (χ3v) is 9.56. The molecule has 2 unspecified atom stereocenters. The van der Waals surface area contributed by atoms with Gasteiger partial charge in [-0.3, -0.25) is 0 Å². The zero-order valence-electron chi connectivity index (χ0n) is 12.2. The molecule has 0 amide bonds. The highest BCUT2D eigenvalue weighted by Gasteiger charge is 2.31. The van der Waals surface area contributed by atoms with Gasteiger partial charge in [-0.15, -0.1) is 0 Å². The van der Waals surface area contributed by atoms with E-state index < -0.39 is 18.1 Å². The molecule has 0 aromatic carbocycles. The van der Waals surface area contributed by atoms with Crippen LogP contribution in [0, 0.1) is 11.8 Å². The van der Waals surface area contributed by atoms with Crippen LogP contribution in [0.3, 0.4) is 0 Å². The van der Waals surface area contributed by atoms with Crippen LogP contribution in [-0.4, -0.2) is 28.8 Å². The Hall–Kier alpha value is 0.354. The van der Waals surface area contributed by atoms with Gasteiger partial charge in [-0.05, 0) is 70.1 Å².